The van der Waals surface area contributed by atoms with Crippen LogP contribution in [0, 0.1) is 10.1 Å². The zero-order valence-electron chi connectivity index (χ0n) is 10.8. The highest BCUT2D eigenvalue weighted by Gasteiger charge is 2.25. The lowest BCUT2D eigenvalue weighted by Crippen LogP contribution is -2.10. The van der Waals surface area contributed by atoms with Gasteiger partial charge in [-0.05, 0) is 25.0 Å². The van der Waals surface area contributed by atoms with E-state index in [9.17, 15) is 28.1 Å². The second-order valence-electron chi connectivity index (χ2n) is 4.29. The number of hydrogen-bond donors (Lipinski definition) is 2. The smallest absolute Gasteiger partial charge is 0.389 e. The number of nitrogens with zero attached hydrogens (tertiary/aromatic N) is 1. The minimum Gasteiger partial charge on any atom is -0.478 e. The number of anilines is 1. The third-order valence-corrected chi connectivity index (χ3v) is 2.64. The molecule has 116 valence electrons. The predicted molar refractivity (Wildman–Crippen MR) is 68.5 cm³/mol. The van der Waals surface area contributed by atoms with Crippen molar-refractivity contribution in [2.45, 2.75) is 25.4 Å². The van der Waals surface area contributed by atoms with Crippen LogP contribution in [0.3, 0.4) is 0 Å². The summed E-state index contributed by atoms with van der Waals surface area (Å²) in [6, 6.07) is 3.22. The molecule has 0 aliphatic rings. The number of rotatable bonds is 7. The van der Waals surface area contributed by atoms with Gasteiger partial charge < -0.3 is 10.4 Å². The van der Waals surface area contributed by atoms with Crippen molar-refractivity contribution in [3.63, 3.8) is 0 Å². The minimum atomic E-state index is -4.23. The van der Waals surface area contributed by atoms with Crippen molar-refractivity contribution < 1.29 is 28.0 Å². The molecule has 0 unspecified atom stereocenters. The van der Waals surface area contributed by atoms with Gasteiger partial charge in [0.15, 0.2) is 0 Å². The number of carboxylic acids is 1. The van der Waals surface area contributed by atoms with E-state index in [0.29, 0.717) is 0 Å². The number of carbonyl (C=O) groups is 1. The monoisotopic (exact) mass is 306 g/mol. The fourth-order valence-electron chi connectivity index (χ4n) is 1.64. The Bertz CT molecular complexity index is 532. The maximum absolute atomic E-state index is 11.9. The molecule has 2 N–H and O–H groups in total. The number of nitro groups is 1. The van der Waals surface area contributed by atoms with Gasteiger partial charge in [0.05, 0.1) is 10.5 Å². The van der Waals surface area contributed by atoms with E-state index in [1.54, 1.807) is 0 Å². The lowest BCUT2D eigenvalue weighted by molar-refractivity contribution is -0.384. The first-order valence-electron chi connectivity index (χ1n) is 6.03. The Morgan fingerprint density at radius 2 is 2.00 bits per heavy atom. The summed E-state index contributed by atoms with van der Waals surface area (Å²) in [6.07, 6.45) is -5.10. The first-order chi connectivity index (χ1) is 9.70. The van der Waals surface area contributed by atoms with Gasteiger partial charge in [-0.25, -0.2) is 4.79 Å². The Kier molecular flexibility index (Phi) is 5.51. The maximum Gasteiger partial charge on any atom is 0.389 e. The summed E-state index contributed by atoms with van der Waals surface area (Å²) in [5, 5.41) is 22.2. The molecule has 0 bridgehead atoms. The van der Waals surface area contributed by atoms with Crippen LogP contribution in [0.5, 0.6) is 0 Å². The second-order valence-corrected chi connectivity index (χ2v) is 4.29. The highest BCUT2D eigenvalue weighted by atomic mass is 19.4. The van der Waals surface area contributed by atoms with Crippen LogP contribution in [0.15, 0.2) is 18.2 Å². The molecule has 0 saturated heterocycles. The van der Waals surface area contributed by atoms with E-state index in [1.807, 2.05) is 0 Å². The summed E-state index contributed by atoms with van der Waals surface area (Å²) in [5.74, 6) is -1.25. The predicted octanol–water partition coefficient (Wildman–Crippen LogP) is 3.44. The van der Waals surface area contributed by atoms with Crippen LogP contribution >= 0.6 is 0 Å². The van der Waals surface area contributed by atoms with E-state index in [1.165, 1.54) is 0 Å². The van der Waals surface area contributed by atoms with Crippen LogP contribution in [-0.4, -0.2) is 28.7 Å². The molecule has 0 aliphatic carbocycles. The molecule has 0 atom stereocenters. The summed E-state index contributed by atoms with van der Waals surface area (Å²) in [6.45, 7) is 0.0833. The van der Waals surface area contributed by atoms with E-state index >= 15 is 0 Å². The highest BCUT2D eigenvalue weighted by Crippen LogP contribution is 2.26. The standard InChI is InChI=1S/C12H13F3N2O4/c13-12(14,15)5-1-2-6-16-9-7-8(11(18)19)3-4-10(9)17(20)21/h3-4,7,16H,1-2,5-6H2,(H,18,19). The average Bonchev–Trinajstić information content (AvgIpc) is 2.36. The van der Waals surface area contributed by atoms with Crippen molar-refractivity contribution in [2.24, 2.45) is 0 Å². The number of carboxylic acid groups (broad SMARTS) is 1. The summed E-state index contributed by atoms with van der Waals surface area (Å²) >= 11 is 0. The molecule has 0 aliphatic heterocycles. The Balaban J connectivity index is 2.66. The number of benzene rings is 1. The fourth-order valence-corrected chi connectivity index (χ4v) is 1.64. The van der Waals surface area contributed by atoms with Crippen molar-refractivity contribution in [1.29, 1.82) is 0 Å². The molecular formula is C12H13F3N2O4. The molecular weight excluding hydrogens is 293 g/mol. The number of nitro benzene ring substituents is 1. The Hall–Kier alpha value is -2.32. The Morgan fingerprint density at radius 1 is 1.33 bits per heavy atom. The van der Waals surface area contributed by atoms with Crippen LogP contribution in [0.2, 0.25) is 0 Å². The quantitative estimate of drug-likeness (QED) is 0.457. The molecule has 0 fully saturated rings. The Morgan fingerprint density at radius 3 is 2.52 bits per heavy atom. The van der Waals surface area contributed by atoms with Gasteiger partial charge in [-0.15, -0.1) is 0 Å². The molecule has 0 saturated carbocycles. The molecule has 1 rings (SSSR count). The Labute approximate surface area is 117 Å². The second kappa shape index (κ2) is 6.91. The molecule has 6 nitrogen and oxygen atoms in total. The van der Waals surface area contributed by atoms with Crippen molar-refractivity contribution in [3.05, 3.63) is 33.9 Å². The first-order valence-corrected chi connectivity index (χ1v) is 6.03. The van der Waals surface area contributed by atoms with E-state index in [2.05, 4.69) is 5.32 Å². The molecule has 1 aromatic rings. The van der Waals surface area contributed by atoms with Gasteiger partial charge in [0, 0.05) is 19.0 Å². The van der Waals surface area contributed by atoms with Crippen LogP contribution in [-0.2, 0) is 0 Å². The number of hydrogen-bond acceptors (Lipinski definition) is 4. The summed E-state index contributed by atoms with van der Waals surface area (Å²) < 4.78 is 35.8. The number of unbranched alkanes of at least 4 members (excludes halogenated alkanes) is 1. The number of aromatic carboxylic acids is 1. The van der Waals surface area contributed by atoms with Gasteiger partial charge in [-0.3, -0.25) is 10.1 Å². The largest absolute Gasteiger partial charge is 0.478 e. The summed E-state index contributed by atoms with van der Waals surface area (Å²) in [4.78, 5) is 20.9. The zero-order chi connectivity index (χ0) is 16.0. The van der Waals surface area contributed by atoms with Gasteiger partial charge in [0.25, 0.3) is 5.69 Å². The van der Waals surface area contributed by atoms with Gasteiger partial charge in [-0.2, -0.15) is 13.2 Å². The van der Waals surface area contributed by atoms with Crippen molar-refractivity contribution in [2.75, 3.05) is 11.9 Å². The molecule has 0 heterocycles. The number of alkyl halides is 3. The normalized spacial score (nSPS) is 11.2. The highest BCUT2D eigenvalue weighted by molar-refractivity contribution is 5.90. The maximum atomic E-state index is 11.9. The van der Waals surface area contributed by atoms with E-state index in [-0.39, 0.29) is 36.3 Å². The SMILES string of the molecule is O=C(O)c1ccc([N+](=O)[O-])c(NCCCCC(F)(F)F)c1. The number of halogens is 3. The van der Waals surface area contributed by atoms with Gasteiger partial charge >= 0.3 is 12.1 Å². The summed E-state index contributed by atoms with van der Waals surface area (Å²) in [7, 11) is 0. The van der Waals surface area contributed by atoms with E-state index < -0.39 is 23.5 Å². The lowest BCUT2D eigenvalue weighted by Gasteiger charge is -2.09. The van der Waals surface area contributed by atoms with Gasteiger partial charge in [0.2, 0.25) is 0 Å². The lowest BCUT2D eigenvalue weighted by atomic mass is 10.1. The van der Waals surface area contributed by atoms with Gasteiger partial charge in [-0.1, -0.05) is 0 Å². The molecule has 0 radical (unpaired) electrons. The number of nitrogens with one attached hydrogen (secondary N) is 1. The van der Waals surface area contributed by atoms with E-state index in [4.69, 9.17) is 5.11 Å². The summed E-state index contributed by atoms with van der Waals surface area (Å²) in [5.41, 5.74) is -0.485. The van der Waals surface area contributed by atoms with Crippen LogP contribution in [0.25, 0.3) is 0 Å². The molecule has 0 aromatic heterocycles. The molecule has 0 amide bonds. The van der Waals surface area contributed by atoms with E-state index in [0.717, 1.165) is 18.2 Å². The fraction of sp³-hybridized carbons (Fsp3) is 0.417. The molecule has 9 heteroatoms. The minimum absolute atomic E-state index is 0.0214. The molecule has 21 heavy (non-hydrogen) atoms. The topological polar surface area (TPSA) is 92.5 Å². The van der Waals surface area contributed by atoms with Crippen LogP contribution < -0.4 is 5.32 Å². The third-order valence-electron chi connectivity index (χ3n) is 2.64. The van der Waals surface area contributed by atoms with Crippen molar-refractivity contribution in [1.82, 2.24) is 0 Å². The van der Waals surface area contributed by atoms with Crippen molar-refractivity contribution >= 4 is 17.3 Å². The van der Waals surface area contributed by atoms with Crippen molar-refractivity contribution in [3.8, 4) is 0 Å². The molecule has 1 aromatic carbocycles. The first kappa shape index (κ1) is 16.7. The van der Waals surface area contributed by atoms with Crippen LogP contribution in [0.1, 0.15) is 29.6 Å². The third kappa shape index (κ3) is 5.67. The zero-order valence-corrected chi connectivity index (χ0v) is 10.8. The van der Waals surface area contributed by atoms with Gasteiger partial charge in [0.1, 0.15) is 5.69 Å². The molecule has 0 spiro atoms. The average molecular weight is 306 g/mol. The van der Waals surface area contributed by atoms with Crippen LogP contribution in [0.4, 0.5) is 24.5 Å².